The highest BCUT2D eigenvalue weighted by Gasteiger charge is 2.35. The number of carbonyl (C=O) groups is 3. The van der Waals surface area contributed by atoms with Gasteiger partial charge in [-0.05, 0) is 24.8 Å². The van der Waals surface area contributed by atoms with Crippen molar-refractivity contribution in [1.82, 2.24) is 20.3 Å². The molecule has 3 heterocycles. The van der Waals surface area contributed by atoms with Crippen LogP contribution in [0.5, 0.6) is 0 Å². The molecule has 0 fully saturated rings. The molecule has 0 bridgehead atoms. The second kappa shape index (κ2) is 7.96. The van der Waals surface area contributed by atoms with E-state index in [0.717, 1.165) is 5.39 Å². The zero-order valence-electron chi connectivity index (χ0n) is 16.1. The summed E-state index contributed by atoms with van der Waals surface area (Å²) in [6, 6.07) is 5.02. The molecular formula is C21H19N5O4. The maximum atomic E-state index is 13.1. The Balaban J connectivity index is 1.71. The molecule has 0 saturated heterocycles. The number of aliphatic hydroxyl groups is 1. The van der Waals surface area contributed by atoms with E-state index in [1.807, 2.05) is 13.0 Å². The van der Waals surface area contributed by atoms with E-state index < -0.39 is 12.0 Å². The van der Waals surface area contributed by atoms with Crippen LogP contribution >= 0.6 is 0 Å². The number of aliphatic hydroxyl groups excluding tert-OH is 1. The number of rotatable bonds is 7. The molecule has 9 heteroatoms. The van der Waals surface area contributed by atoms with Crippen LogP contribution in [-0.4, -0.2) is 44.3 Å². The van der Waals surface area contributed by atoms with E-state index in [2.05, 4.69) is 20.3 Å². The molecule has 152 valence electrons. The topological polar surface area (TPSA) is 125 Å². The summed E-state index contributed by atoms with van der Waals surface area (Å²) in [5.41, 5.74) is 1.58. The van der Waals surface area contributed by atoms with E-state index in [1.165, 1.54) is 18.7 Å². The Labute approximate surface area is 171 Å². The minimum Gasteiger partial charge on any atom is -0.383 e. The van der Waals surface area contributed by atoms with Crippen LogP contribution in [0, 0.1) is 0 Å². The number of nitrogens with zero attached hydrogens (tertiary/aromatic N) is 4. The third-order valence-corrected chi connectivity index (χ3v) is 5.24. The molecule has 2 atom stereocenters. The number of imide groups is 1. The summed E-state index contributed by atoms with van der Waals surface area (Å²) in [5, 5.41) is 14.3. The Bertz CT molecular complexity index is 1130. The van der Waals surface area contributed by atoms with Crippen molar-refractivity contribution in [2.75, 3.05) is 4.90 Å². The van der Waals surface area contributed by atoms with Gasteiger partial charge in [-0.25, -0.2) is 15.0 Å². The average molecular weight is 405 g/mol. The van der Waals surface area contributed by atoms with E-state index in [4.69, 9.17) is 0 Å². The number of amides is 3. The smallest absolute Gasteiger partial charge is 0.260 e. The fourth-order valence-electron chi connectivity index (χ4n) is 3.75. The summed E-state index contributed by atoms with van der Waals surface area (Å²) in [6.07, 6.45) is 5.83. The molecule has 1 aromatic carbocycles. The van der Waals surface area contributed by atoms with Crippen LogP contribution in [0.15, 0.2) is 43.1 Å². The SMILES string of the molecule is CC(CCC(=O)NC=O)N1C(=O)c2cccc3c(C(O)c4cncnc4)cnc1c23. The van der Waals surface area contributed by atoms with Gasteiger partial charge in [0.25, 0.3) is 5.91 Å². The van der Waals surface area contributed by atoms with Crippen molar-refractivity contribution in [3.05, 3.63) is 59.8 Å². The molecule has 0 saturated carbocycles. The molecular weight excluding hydrogens is 386 g/mol. The fourth-order valence-corrected chi connectivity index (χ4v) is 3.75. The Morgan fingerprint density at radius 1 is 1.27 bits per heavy atom. The largest absolute Gasteiger partial charge is 0.383 e. The molecule has 0 spiro atoms. The van der Waals surface area contributed by atoms with Gasteiger partial charge in [0.1, 0.15) is 18.2 Å². The minimum atomic E-state index is -0.989. The number of benzene rings is 1. The van der Waals surface area contributed by atoms with Gasteiger partial charge < -0.3 is 5.11 Å². The lowest BCUT2D eigenvalue weighted by Gasteiger charge is -2.24. The monoisotopic (exact) mass is 405 g/mol. The summed E-state index contributed by atoms with van der Waals surface area (Å²) >= 11 is 0. The molecule has 2 unspecified atom stereocenters. The van der Waals surface area contributed by atoms with Gasteiger partial charge in [-0.15, -0.1) is 0 Å². The highest BCUT2D eigenvalue weighted by Crippen LogP contribution is 2.40. The van der Waals surface area contributed by atoms with Crippen molar-refractivity contribution < 1.29 is 19.5 Å². The molecule has 3 amide bonds. The molecule has 4 rings (SSSR count). The Hall–Kier alpha value is -3.72. The minimum absolute atomic E-state index is 0.105. The van der Waals surface area contributed by atoms with Gasteiger partial charge >= 0.3 is 0 Å². The van der Waals surface area contributed by atoms with Crippen LogP contribution in [-0.2, 0) is 9.59 Å². The molecule has 0 radical (unpaired) electrons. The molecule has 1 aliphatic rings. The summed E-state index contributed by atoms with van der Waals surface area (Å²) in [7, 11) is 0. The van der Waals surface area contributed by atoms with Gasteiger partial charge in [0.05, 0.1) is 5.56 Å². The second-order valence-electron chi connectivity index (χ2n) is 7.09. The first kappa shape index (κ1) is 19.6. The van der Waals surface area contributed by atoms with Gasteiger partial charge in [0.2, 0.25) is 12.3 Å². The normalized spacial score (nSPS) is 14.6. The summed E-state index contributed by atoms with van der Waals surface area (Å²) in [6.45, 7) is 1.83. The number of carbonyl (C=O) groups excluding carboxylic acids is 3. The molecule has 0 aliphatic carbocycles. The van der Waals surface area contributed by atoms with Gasteiger partial charge in [-0.2, -0.15) is 0 Å². The lowest BCUT2D eigenvalue weighted by molar-refractivity contribution is -0.125. The van der Waals surface area contributed by atoms with Crippen LogP contribution < -0.4 is 10.2 Å². The zero-order chi connectivity index (χ0) is 21.3. The third kappa shape index (κ3) is 3.29. The lowest BCUT2D eigenvalue weighted by atomic mass is 9.98. The van der Waals surface area contributed by atoms with E-state index in [1.54, 1.807) is 23.2 Å². The van der Waals surface area contributed by atoms with Crippen molar-refractivity contribution in [2.24, 2.45) is 0 Å². The summed E-state index contributed by atoms with van der Waals surface area (Å²) in [5.74, 6) is -0.113. The Morgan fingerprint density at radius 2 is 2.03 bits per heavy atom. The molecule has 30 heavy (non-hydrogen) atoms. The Morgan fingerprint density at radius 3 is 2.77 bits per heavy atom. The van der Waals surface area contributed by atoms with Crippen LogP contribution in [0.25, 0.3) is 10.8 Å². The van der Waals surface area contributed by atoms with Crippen molar-refractivity contribution in [3.63, 3.8) is 0 Å². The summed E-state index contributed by atoms with van der Waals surface area (Å²) < 4.78 is 0. The van der Waals surface area contributed by atoms with Crippen molar-refractivity contribution in [2.45, 2.75) is 31.9 Å². The molecule has 1 aliphatic heterocycles. The molecule has 3 aromatic rings. The highest BCUT2D eigenvalue weighted by atomic mass is 16.3. The first-order valence-corrected chi connectivity index (χ1v) is 9.44. The highest BCUT2D eigenvalue weighted by molar-refractivity contribution is 6.24. The maximum Gasteiger partial charge on any atom is 0.260 e. The van der Waals surface area contributed by atoms with E-state index in [9.17, 15) is 19.5 Å². The van der Waals surface area contributed by atoms with Crippen molar-refractivity contribution in [3.8, 4) is 0 Å². The summed E-state index contributed by atoms with van der Waals surface area (Å²) in [4.78, 5) is 49.0. The third-order valence-electron chi connectivity index (χ3n) is 5.24. The molecule has 9 nitrogen and oxygen atoms in total. The quantitative estimate of drug-likeness (QED) is 0.571. The predicted molar refractivity (Wildman–Crippen MR) is 108 cm³/mol. The predicted octanol–water partition coefficient (Wildman–Crippen LogP) is 1.51. The van der Waals surface area contributed by atoms with Gasteiger partial charge in [-0.1, -0.05) is 12.1 Å². The number of nitrogens with one attached hydrogen (secondary N) is 1. The number of anilines is 1. The van der Waals surface area contributed by atoms with E-state index in [-0.39, 0.29) is 18.4 Å². The van der Waals surface area contributed by atoms with Crippen LogP contribution in [0.2, 0.25) is 0 Å². The van der Waals surface area contributed by atoms with Gasteiger partial charge in [0.15, 0.2) is 0 Å². The Kier molecular flexibility index (Phi) is 5.20. The van der Waals surface area contributed by atoms with E-state index in [0.29, 0.717) is 40.7 Å². The number of pyridine rings is 1. The molecule has 2 N–H and O–H groups in total. The maximum absolute atomic E-state index is 13.1. The zero-order valence-corrected chi connectivity index (χ0v) is 16.1. The number of aromatic nitrogens is 3. The average Bonchev–Trinajstić information content (AvgIpc) is 3.06. The lowest BCUT2D eigenvalue weighted by Crippen LogP contribution is -2.37. The number of hydrogen-bond donors (Lipinski definition) is 2. The standard InChI is InChI=1S/C21H19N5O4/c1-12(5-6-17(28)25-11-27)26-20-18-14(3-2-4-15(18)21(26)30)16(9-24-20)19(29)13-7-22-10-23-8-13/h2-4,7-12,19,29H,5-6H2,1H3,(H,25,27,28). The second-order valence-corrected chi connectivity index (χ2v) is 7.09. The number of hydrogen-bond acceptors (Lipinski definition) is 7. The van der Waals surface area contributed by atoms with Crippen LogP contribution in [0.1, 0.15) is 47.4 Å². The van der Waals surface area contributed by atoms with Gasteiger partial charge in [0, 0.05) is 47.6 Å². The first-order chi connectivity index (χ1) is 14.5. The fraction of sp³-hybridized carbons (Fsp3) is 0.238. The van der Waals surface area contributed by atoms with Crippen molar-refractivity contribution >= 4 is 34.8 Å². The van der Waals surface area contributed by atoms with Crippen LogP contribution in [0.3, 0.4) is 0 Å². The van der Waals surface area contributed by atoms with Crippen molar-refractivity contribution in [1.29, 1.82) is 0 Å². The van der Waals surface area contributed by atoms with Crippen LogP contribution in [0.4, 0.5) is 5.82 Å². The van der Waals surface area contributed by atoms with Gasteiger partial charge in [-0.3, -0.25) is 24.6 Å². The molecule has 2 aromatic heterocycles. The first-order valence-electron chi connectivity index (χ1n) is 9.44. The van der Waals surface area contributed by atoms with E-state index >= 15 is 0 Å².